The van der Waals surface area contributed by atoms with Gasteiger partial charge in [-0.25, -0.2) is 4.79 Å². The van der Waals surface area contributed by atoms with Gasteiger partial charge in [0.05, 0.1) is 12.2 Å². The maximum absolute atomic E-state index is 12.7. The number of ether oxygens (including phenoxy) is 2. The first kappa shape index (κ1) is 13.3. The van der Waals surface area contributed by atoms with Gasteiger partial charge in [-0.3, -0.25) is 0 Å². The van der Waals surface area contributed by atoms with E-state index in [1.54, 1.807) is 0 Å². The van der Waals surface area contributed by atoms with Gasteiger partial charge in [-0.1, -0.05) is 48.5 Å². The summed E-state index contributed by atoms with van der Waals surface area (Å²) in [7, 11) is 0. The lowest BCUT2D eigenvalue weighted by atomic mass is 9.97. The van der Waals surface area contributed by atoms with E-state index in [1.807, 2.05) is 48.5 Å². The van der Waals surface area contributed by atoms with Crippen molar-refractivity contribution in [1.82, 2.24) is 0 Å². The van der Waals surface area contributed by atoms with Crippen molar-refractivity contribution in [3.63, 3.8) is 0 Å². The molecule has 0 N–H and O–H groups in total. The first-order valence-electron chi connectivity index (χ1n) is 7.56. The van der Waals surface area contributed by atoms with Crippen LogP contribution >= 0.6 is 0 Å². The van der Waals surface area contributed by atoms with Gasteiger partial charge >= 0.3 is 5.97 Å². The smallest absolute Gasteiger partial charge is 0.341 e. The normalized spacial score (nSPS) is 17.9. The fraction of sp³-hybridized carbons (Fsp3) is 0.211. The van der Waals surface area contributed by atoms with Crippen LogP contribution in [0.4, 0.5) is 0 Å². The van der Waals surface area contributed by atoms with Crippen LogP contribution in [0.25, 0.3) is 21.5 Å². The van der Waals surface area contributed by atoms with E-state index >= 15 is 0 Å². The lowest BCUT2D eigenvalue weighted by Gasteiger charge is -2.14. The van der Waals surface area contributed by atoms with Gasteiger partial charge in [-0.05, 0) is 34.0 Å². The van der Waals surface area contributed by atoms with Crippen LogP contribution in [-0.4, -0.2) is 18.9 Å². The van der Waals surface area contributed by atoms with Gasteiger partial charge in [0.25, 0.3) is 0 Å². The van der Waals surface area contributed by atoms with Gasteiger partial charge in [0.1, 0.15) is 0 Å². The van der Waals surface area contributed by atoms with Crippen molar-refractivity contribution in [3.05, 3.63) is 60.2 Å². The average molecular weight is 292 g/mol. The molecule has 0 amide bonds. The summed E-state index contributed by atoms with van der Waals surface area (Å²) in [5.41, 5.74) is 0.629. The maximum atomic E-state index is 12.7. The molecule has 22 heavy (non-hydrogen) atoms. The maximum Gasteiger partial charge on any atom is 0.341 e. The molecule has 4 rings (SSSR count). The Morgan fingerprint density at radius 2 is 1.64 bits per heavy atom. The summed E-state index contributed by atoms with van der Waals surface area (Å²) in [5, 5.41) is 3.93. The molecule has 1 heterocycles. The van der Waals surface area contributed by atoms with Crippen LogP contribution in [0.1, 0.15) is 23.2 Å². The summed E-state index contributed by atoms with van der Waals surface area (Å²) < 4.78 is 11.0. The molecular formula is C19H16O3. The lowest BCUT2D eigenvalue weighted by Crippen LogP contribution is -2.17. The highest BCUT2D eigenvalue weighted by Crippen LogP contribution is 2.30. The Kier molecular flexibility index (Phi) is 3.28. The highest BCUT2D eigenvalue weighted by atomic mass is 16.7. The zero-order valence-corrected chi connectivity index (χ0v) is 12.1. The number of carbonyl (C=O) groups excluding carboxylic acids is 1. The molecule has 0 radical (unpaired) electrons. The quantitative estimate of drug-likeness (QED) is 0.522. The second-order valence-electron chi connectivity index (χ2n) is 5.54. The minimum absolute atomic E-state index is 0.306. The third kappa shape index (κ3) is 2.24. The van der Waals surface area contributed by atoms with E-state index in [4.69, 9.17) is 9.47 Å². The van der Waals surface area contributed by atoms with Crippen LogP contribution in [0.3, 0.4) is 0 Å². The molecule has 0 saturated carbocycles. The van der Waals surface area contributed by atoms with Crippen molar-refractivity contribution >= 4 is 27.5 Å². The summed E-state index contributed by atoms with van der Waals surface area (Å²) in [6.45, 7) is 0.661. The van der Waals surface area contributed by atoms with E-state index in [0.717, 1.165) is 34.4 Å². The zero-order valence-electron chi connectivity index (χ0n) is 12.1. The predicted molar refractivity (Wildman–Crippen MR) is 85.8 cm³/mol. The van der Waals surface area contributed by atoms with Gasteiger partial charge in [0, 0.05) is 6.42 Å². The number of benzene rings is 3. The van der Waals surface area contributed by atoms with Gasteiger partial charge < -0.3 is 9.47 Å². The van der Waals surface area contributed by atoms with Crippen molar-refractivity contribution < 1.29 is 14.3 Å². The van der Waals surface area contributed by atoms with E-state index in [-0.39, 0.29) is 5.97 Å². The molecule has 0 aromatic heterocycles. The Labute approximate surface area is 128 Å². The van der Waals surface area contributed by atoms with Crippen LogP contribution < -0.4 is 0 Å². The summed E-state index contributed by atoms with van der Waals surface area (Å²) >= 11 is 0. The molecule has 3 aromatic rings. The van der Waals surface area contributed by atoms with Gasteiger partial charge in [-0.2, -0.15) is 0 Å². The molecule has 1 aliphatic heterocycles. The molecule has 1 atom stereocenters. The molecule has 0 spiro atoms. The Hall–Kier alpha value is -2.39. The first-order chi connectivity index (χ1) is 10.8. The average Bonchev–Trinajstić information content (AvgIpc) is 3.05. The molecule has 3 aromatic carbocycles. The first-order valence-corrected chi connectivity index (χ1v) is 7.56. The molecule has 1 fully saturated rings. The summed E-state index contributed by atoms with van der Waals surface area (Å²) in [6.07, 6.45) is 1.30. The minimum Gasteiger partial charge on any atom is -0.432 e. The molecule has 0 bridgehead atoms. The predicted octanol–water partition coefficient (Wildman–Crippen LogP) is 4.29. The Morgan fingerprint density at radius 1 is 1.00 bits per heavy atom. The molecule has 1 aliphatic rings. The number of fused-ring (bicyclic) bond motifs is 2. The molecule has 3 heteroatoms. The molecule has 110 valence electrons. The van der Waals surface area contributed by atoms with Crippen molar-refractivity contribution in [2.24, 2.45) is 0 Å². The van der Waals surface area contributed by atoms with E-state index in [9.17, 15) is 4.79 Å². The summed E-state index contributed by atoms with van der Waals surface area (Å²) in [5.74, 6) is -0.306. The SMILES string of the molecule is O=C(OC1CCCO1)c1c2ccccc2cc2ccccc12. The number of hydrogen-bond acceptors (Lipinski definition) is 3. The van der Waals surface area contributed by atoms with Crippen molar-refractivity contribution in [2.75, 3.05) is 6.61 Å². The number of esters is 1. The van der Waals surface area contributed by atoms with Crippen LogP contribution in [-0.2, 0) is 9.47 Å². The Balaban J connectivity index is 1.89. The largest absolute Gasteiger partial charge is 0.432 e. The van der Waals surface area contributed by atoms with Crippen molar-refractivity contribution in [3.8, 4) is 0 Å². The molecule has 1 unspecified atom stereocenters. The Morgan fingerprint density at radius 3 is 2.23 bits per heavy atom. The van der Waals surface area contributed by atoms with E-state index in [2.05, 4.69) is 6.07 Å². The Bertz CT molecular complexity index is 794. The molecule has 3 nitrogen and oxygen atoms in total. The van der Waals surface area contributed by atoms with Crippen LogP contribution in [0.5, 0.6) is 0 Å². The highest BCUT2D eigenvalue weighted by Gasteiger charge is 2.23. The monoisotopic (exact) mass is 292 g/mol. The fourth-order valence-corrected chi connectivity index (χ4v) is 3.05. The highest BCUT2D eigenvalue weighted by molar-refractivity contribution is 6.16. The van der Waals surface area contributed by atoms with E-state index < -0.39 is 6.29 Å². The standard InChI is InChI=1S/C19H16O3/c20-19(22-17-10-5-11-21-17)18-15-8-3-1-6-13(15)12-14-7-2-4-9-16(14)18/h1-4,6-9,12,17H,5,10-11H2. The van der Waals surface area contributed by atoms with E-state index in [0.29, 0.717) is 12.2 Å². The number of carbonyl (C=O) groups is 1. The zero-order chi connectivity index (χ0) is 14.9. The second kappa shape index (κ2) is 5.43. The van der Waals surface area contributed by atoms with Crippen molar-refractivity contribution in [2.45, 2.75) is 19.1 Å². The summed E-state index contributed by atoms with van der Waals surface area (Å²) in [4.78, 5) is 12.7. The fourth-order valence-electron chi connectivity index (χ4n) is 3.05. The second-order valence-corrected chi connectivity index (χ2v) is 5.54. The van der Waals surface area contributed by atoms with Crippen LogP contribution in [0.15, 0.2) is 54.6 Å². The summed E-state index contributed by atoms with van der Waals surface area (Å²) in [6, 6.07) is 17.9. The van der Waals surface area contributed by atoms with Crippen LogP contribution in [0, 0.1) is 0 Å². The molecule has 1 saturated heterocycles. The number of rotatable bonds is 2. The molecular weight excluding hydrogens is 276 g/mol. The van der Waals surface area contributed by atoms with E-state index in [1.165, 1.54) is 0 Å². The third-order valence-corrected chi connectivity index (χ3v) is 4.10. The molecule has 0 aliphatic carbocycles. The third-order valence-electron chi connectivity index (χ3n) is 4.10. The number of hydrogen-bond donors (Lipinski definition) is 0. The van der Waals surface area contributed by atoms with Crippen LogP contribution in [0.2, 0.25) is 0 Å². The topological polar surface area (TPSA) is 35.5 Å². The van der Waals surface area contributed by atoms with Gasteiger partial charge in [-0.15, -0.1) is 0 Å². The minimum atomic E-state index is -0.412. The van der Waals surface area contributed by atoms with Gasteiger partial charge in [0.15, 0.2) is 0 Å². The lowest BCUT2D eigenvalue weighted by molar-refractivity contribution is -0.0773. The van der Waals surface area contributed by atoms with Gasteiger partial charge in [0.2, 0.25) is 6.29 Å². The van der Waals surface area contributed by atoms with Crippen molar-refractivity contribution in [1.29, 1.82) is 0 Å².